The van der Waals surface area contributed by atoms with Gasteiger partial charge in [-0.2, -0.15) is 79.0 Å². The van der Waals surface area contributed by atoms with E-state index in [1.165, 1.54) is 0 Å². The van der Waals surface area contributed by atoms with Gasteiger partial charge >= 0.3 is 53.6 Å². The zero-order valence-electron chi connectivity index (χ0n) is 14.5. The van der Waals surface area contributed by atoms with Gasteiger partial charge in [-0.1, -0.05) is 0 Å². The molecule has 0 rings (SSSR count). The molecule has 1 nitrogen and oxygen atoms in total. The first kappa shape index (κ1) is 30.6. The summed E-state index contributed by atoms with van der Waals surface area (Å²) in [5, 5.41) is 0. The summed E-state index contributed by atoms with van der Waals surface area (Å²) in [4.78, 5) is 0. The minimum atomic E-state index is -9.05. The van der Waals surface area contributed by atoms with Gasteiger partial charge in [0.15, 0.2) is 0 Å². The van der Waals surface area contributed by atoms with Gasteiger partial charge < -0.3 is 4.74 Å². The molecule has 0 aromatic heterocycles. The van der Waals surface area contributed by atoms with E-state index < -0.39 is 66.6 Å². The molecule has 0 spiro atoms. The molecule has 0 N–H and O–H groups in total. The molecule has 0 heterocycles. The summed E-state index contributed by atoms with van der Waals surface area (Å²) in [6, 6.07) is 0. The van der Waals surface area contributed by atoms with Crippen LogP contribution in [0, 0.1) is 0 Å². The fourth-order valence-corrected chi connectivity index (χ4v) is 1.98. The largest absolute Gasteiger partial charge is 0.460 e. The van der Waals surface area contributed by atoms with Crippen molar-refractivity contribution in [3.05, 3.63) is 0 Å². The van der Waals surface area contributed by atoms with Gasteiger partial charge in [0.05, 0.1) is 6.61 Å². The van der Waals surface area contributed by atoms with Gasteiger partial charge in [-0.15, -0.1) is 0 Å². The van der Waals surface area contributed by atoms with Crippen molar-refractivity contribution < 1.29 is 88.2 Å². The molecule has 1 atom stereocenters. The summed E-state index contributed by atoms with van der Waals surface area (Å²) in [7, 11) is 0.378. The van der Waals surface area contributed by atoms with E-state index in [-0.39, 0.29) is 0 Å². The molecule has 0 aliphatic carbocycles. The van der Waals surface area contributed by atoms with Gasteiger partial charge in [-0.05, 0) is 0 Å². The van der Waals surface area contributed by atoms with Crippen LogP contribution in [0.25, 0.3) is 0 Å². The lowest BCUT2D eigenvalue weighted by molar-refractivity contribution is -0.472. The molecular formula is C12H7F19O. The second-order valence-corrected chi connectivity index (χ2v) is 5.97. The number of hydrogen-bond donors (Lipinski definition) is 0. The molecule has 0 aliphatic heterocycles. The average Bonchev–Trinajstić information content (AvgIpc) is 2.56. The summed E-state index contributed by atoms with van der Waals surface area (Å²) in [6.45, 7) is -1.80. The van der Waals surface area contributed by atoms with Crippen LogP contribution in [0.5, 0.6) is 0 Å². The van der Waals surface area contributed by atoms with Crippen molar-refractivity contribution in [2.24, 2.45) is 0 Å². The second-order valence-electron chi connectivity index (χ2n) is 5.97. The van der Waals surface area contributed by atoms with Gasteiger partial charge in [0.1, 0.15) is 0 Å². The Morgan fingerprint density at radius 1 is 0.438 bits per heavy atom. The SMILES string of the molecule is COCCC(F)(F)C(F)(F)C(F)(C(F)(F)F)C(F)(F)C(F)(F)C(F)(F)C(F)(F)C(F)(F)F. The van der Waals surface area contributed by atoms with E-state index in [1.807, 2.05) is 0 Å². The standard InChI is InChI=1S/C12H7F19O/c1-32-3-2-4(13,14)6(16,17)5(15,11(26,27)28)7(18,19)8(20,21)9(22,23)10(24,25)12(29,30)31/h2-3H2,1H3. The van der Waals surface area contributed by atoms with Crippen molar-refractivity contribution in [3.8, 4) is 0 Å². The number of halogens is 19. The quantitative estimate of drug-likeness (QED) is 0.304. The molecule has 0 fully saturated rings. The Labute approximate surface area is 163 Å². The molecule has 194 valence electrons. The third kappa shape index (κ3) is 3.82. The molecule has 0 radical (unpaired) electrons. The van der Waals surface area contributed by atoms with Gasteiger partial charge in [-0.3, -0.25) is 0 Å². The van der Waals surface area contributed by atoms with E-state index in [9.17, 15) is 83.4 Å². The van der Waals surface area contributed by atoms with Crippen molar-refractivity contribution in [2.75, 3.05) is 13.7 Å². The Kier molecular flexibility index (Phi) is 7.51. The molecule has 0 bridgehead atoms. The molecule has 32 heavy (non-hydrogen) atoms. The maximum Gasteiger partial charge on any atom is 0.460 e. The van der Waals surface area contributed by atoms with Crippen LogP contribution in [-0.2, 0) is 4.74 Å². The van der Waals surface area contributed by atoms with Crippen molar-refractivity contribution in [1.82, 2.24) is 0 Å². The van der Waals surface area contributed by atoms with Crippen LogP contribution in [0.4, 0.5) is 83.4 Å². The number of rotatable bonds is 9. The topological polar surface area (TPSA) is 9.23 Å². The Hall–Kier alpha value is -1.37. The number of hydrogen-bond acceptors (Lipinski definition) is 1. The van der Waals surface area contributed by atoms with Gasteiger partial charge in [0, 0.05) is 13.5 Å². The minimum Gasteiger partial charge on any atom is -0.384 e. The highest BCUT2D eigenvalue weighted by atomic mass is 19.4. The summed E-state index contributed by atoms with van der Waals surface area (Å²) >= 11 is 0. The lowest BCUT2D eigenvalue weighted by atomic mass is 9.79. The van der Waals surface area contributed by atoms with E-state index >= 15 is 0 Å². The zero-order chi connectivity index (χ0) is 26.6. The summed E-state index contributed by atoms with van der Waals surface area (Å²) in [5.41, 5.74) is -8.81. The van der Waals surface area contributed by atoms with Crippen LogP contribution in [0.1, 0.15) is 6.42 Å². The average molecular weight is 528 g/mol. The van der Waals surface area contributed by atoms with Crippen LogP contribution < -0.4 is 0 Å². The molecule has 0 amide bonds. The normalized spacial score (nSPS) is 18.0. The smallest absolute Gasteiger partial charge is 0.384 e. The third-order valence-corrected chi connectivity index (χ3v) is 3.87. The Balaban J connectivity index is 7.22. The third-order valence-electron chi connectivity index (χ3n) is 3.87. The van der Waals surface area contributed by atoms with E-state index in [4.69, 9.17) is 0 Å². The summed E-state index contributed by atoms with van der Waals surface area (Å²) in [5.74, 6) is -50.1. The lowest BCUT2D eigenvalue weighted by Gasteiger charge is -2.46. The van der Waals surface area contributed by atoms with Crippen molar-refractivity contribution >= 4 is 0 Å². The minimum absolute atomic E-state index is 0.378. The van der Waals surface area contributed by atoms with Crippen molar-refractivity contribution in [1.29, 1.82) is 0 Å². The highest BCUT2D eigenvalue weighted by molar-refractivity contribution is 5.21. The molecule has 0 aliphatic rings. The van der Waals surface area contributed by atoms with Crippen LogP contribution in [0.3, 0.4) is 0 Å². The van der Waals surface area contributed by atoms with Gasteiger partial charge in [0.2, 0.25) is 0 Å². The van der Waals surface area contributed by atoms with Crippen LogP contribution >= 0.6 is 0 Å². The first-order valence-electron chi connectivity index (χ1n) is 7.14. The Bertz CT molecular complexity index is 658. The first-order chi connectivity index (χ1) is 13.6. The highest BCUT2D eigenvalue weighted by Gasteiger charge is 2.98. The van der Waals surface area contributed by atoms with Gasteiger partial charge in [0.25, 0.3) is 0 Å². The van der Waals surface area contributed by atoms with Crippen LogP contribution in [-0.4, -0.2) is 67.3 Å². The highest BCUT2D eigenvalue weighted by Crippen LogP contribution is 2.67. The molecule has 0 aromatic rings. The van der Waals surface area contributed by atoms with E-state index in [0.717, 1.165) is 0 Å². The van der Waals surface area contributed by atoms with Crippen molar-refractivity contribution in [2.45, 2.75) is 60.0 Å². The second kappa shape index (κ2) is 7.85. The van der Waals surface area contributed by atoms with E-state index in [1.54, 1.807) is 0 Å². The Morgan fingerprint density at radius 3 is 1.06 bits per heavy atom. The van der Waals surface area contributed by atoms with Crippen LogP contribution in [0.2, 0.25) is 0 Å². The molecule has 0 saturated heterocycles. The molecular weight excluding hydrogens is 521 g/mol. The maximum absolute atomic E-state index is 14.0. The molecule has 20 heteroatoms. The number of ether oxygens (including phenoxy) is 1. The lowest BCUT2D eigenvalue weighted by Crippen LogP contribution is -2.79. The maximum atomic E-state index is 14.0. The number of alkyl halides is 19. The fourth-order valence-electron chi connectivity index (χ4n) is 1.98. The predicted octanol–water partition coefficient (Wildman–Crippen LogP) is 6.67. The Morgan fingerprint density at radius 2 is 0.781 bits per heavy atom. The van der Waals surface area contributed by atoms with Crippen LogP contribution in [0.15, 0.2) is 0 Å². The summed E-state index contributed by atoms with van der Waals surface area (Å²) in [6.07, 6.45) is -19.2. The van der Waals surface area contributed by atoms with Crippen molar-refractivity contribution in [3.63, 3.8) is 0 Å². The molecule has 1 unspecified atom stereocenters. The zero-order valence-corrected chi connectivity index (χ0v) is 14.5. The predicted molar refractivity (Wildman–Crippen MR) is 62.1 cm³/mol. The molecule has 0 saturated carbocycles. The molecule has 0 aromatic carbocycles. The van der Waals surface area contributed by atoms with Gasteiger partial charge in [-0.25, -0.2) is 4.39 Å². The monoisotopic (exact) mass is 528 g/mol. The summed E-state index contributed by atoms with van der Waals surface area (Å²) < 4.78 is 251. The first-order valence-corrected chi connectivity index (χ1v) is 7.14. The fraction of sp³-hybridized carbons (Fsp3) is 1.00. The van der Waals surface area contributed by atoms with E-state index in [0.29, 0.717) is 7.11 Å². The van der Waals surface area contributed by atoms with E-state index in [2.05, 4.69) is 4.74 Å². The number of methoxy groups -OCH3 is 1.